The van der Waals surface area contributed by atoms with Crippen LogP contribution in [0.4, 0.5) is 0 Å². The molecule has 0 atom stereocenters. The summed E-state index contributed by atoms with van der Waals surface area (Å²) in [4.78, 5) is 9.59. The Kier molecular flexibility index (Phi) is 4.66. The van der Waals surface area contributed by atoms with Crippen molar-refractivity contribution < 1.29 is 4.84 Å². The number of rotatable bonds is 4. The van der Waals surface area contributed by atoms with Crippen molar-refractivity contribution in [2.75, 3.05) is 0 Å². The van der Waals surface area contributed by atoms with E-state index in [1.165, 1.54) is 19.2 Å². The quantitative estimate of drug-likeness (QED) is 0.493. The van der Waals surface area contributed by atoms with E-state index >= 15 is 0 Å². The minimum atomic E-state index is -0.344. The fraction of sp³-hybridized carbons (Fsp3) is 0.421. The van der Waals surface area contributed by atoms with E-state index in [0.29, 0.717) is 12.5 Å². The minimum absolute atomic E-state index is 0.344. The van der Waals surface area contributed by atoms with E-state index in [0.717, 1.165) is 16.8 Å². The van der Waals surface area contributed by atoms with E-state index in [-0.39, 0.29) is 5.60 Å². The van der Waals surface area contributed by atoms with E-state index in [1.54, 1.807) is 11.0 Å². The van der Waals surface area contributed by atoms with Crippen molar-refractivity contribution >= 4 is 5.71 Å². The Bertz CT molecular complexity index is 754. The Balaban J connectivity index is 1.80. The van der Waals surface area contributed by atoms with Crippen molar-refractivity contribution in [1.82, 2.24) is 14.8 Å². The molecule has 0 amide bonds. The molecule has 1 fully saturated rings. The zero-order chi connectivity index (χ0) is 17.0. The fourth-order valence-electron chi connectivity index (χ4n) is 1.99. The molecule has 0 N–H and O–H groups in total. The van der Waals surface area contributed by atoms with Crippen molar-refractivity contribution in [3.63, 3.8) is 0 Å². The summed E-state index contributed by atoms with van der Waals surface area (Å²) in [5.74, 6) is 7.11. The van der Waals surface area contributed by atoms with E-state index in [9.17, 15) is 0 Å². The molecule has 1 aliphatic rings. The number of hydrogen-bond donors (Lipinski definition) is 0. The van der Waals surface area contributed by atoms with Crippen LogP contribution in [-0.4, -0.2) is 26.1 Å². The molecule has 0 spiro atoms. The van der Waals surface area contributed by atoms with Crippen molar-refractivity contribution in [3.8, 4) is 11.8 Å². The van der Waals surface area contributed by atoms with Gasteiger partial charge in [-0.05, 0) is 45.7 Å². The number of hydrogen-bond acceptors (Lipinski definition) is 4. The largest absolute Gasteiger partial charge is 0.390 e. The smallest absolute Gasteiger partial charge is 0.137 e. The Morgan fingerprint density at radius 3 is 2.62 bits per heavy atom. The van der Waals surface area contributed by atoms with Gasteiger partial charge in [-0.25, -0.2) is 9.67 Å². The van der Waals surface area contributed by atoms with Crippen LogP contribution < -0.4 is 0 Å². The monoisotopic (exact) mass is 322 g/mol. The highest BCUT2D eigenvalue weighted by atomic mass is 16.6. The summed E-state index contributed by atoms with van der Waals surface area (Å²) in [6.07, 6.45) is 5.66. The molecule has 3 rings (SSSR count). The summed E-state index contributed by atoms with van der Waals surface area (Å²) in [6.45, 7) is 6.42. The first-order valence-corrected chi connectivity index (χ1v) is 8.19. The second-order valence-corrected chi connectivity index (χ2v) is 6.96. The highest BCUT2D eigenvalue weighted by Gasteiger charge is 2.17. The standard InChI is InChI=1S/C19H22N4O/c1-19(2,3)24-22-18(12-23-14-20-13-21-23)17-10-8-16(9-11-17)7-6-15-4-5-15/h8-11,13-15H,4-5,12H2,1-3H3. The molecule has 0 unspecified atom stereocenters. The molecule has 0 bridgehead atoms. The van der Waals surface area contributed by atoms with Gasteiger partial charge in [0.2, 0.25) is 0 Å². The summed E-state index contributed by atoms with van der Waals surface area (Å²) in [5, 5.41) is 8.49. The number of nitrogens with zero attached hydrogens (tertiary/aromatic N) is 4. The molecule has 5 heteroatoms. The summed E-state index contributed by atoms with van der Waals surface area (Å²) in [7, 11) is 0. The number of aromatic nitrogens is 3. The summed E-state index contributed by atoms with van der Waals surface area (Å²) in [6, 6.07) is 8.11. The summed E-state index contributed by atoms with van der Waals surface area (Å²) in [5.41, 5.74) is 2.48. The van der Waals surface area contributed by atoms with E-state index in [2.05, 4.69) is 27.1 Å². The molecule has 1 aromatic carbocycles. The van der Waals surface area contributed by atoms with Gasteiger partial charge >= 0.3 is 0 Å². The molecule has 24 heavy (non-hydrogen) atoms. The maximum atomic E-state index is 5.61. The molecule has 2 aromatic rings. The Labute approximate surface area is 142 Å². The normalized spacial score (nSPS) is 14.9. The summed E-state index contributed by atoms with van der Waals surface area (Å²) >= 11 is 0. The van der Waals surface area contributed by atoms with Crippen LogP contribution in [0.5, 0.6) is 0 Å². The molecule has 0 aliphatic heterocycles. The van der Waals surface area contributed by atoms with Gasteiger partial charge in [0.25, 0.3) is 0 Å². The van der Waals surface area contributed by atoms with Gasteiger partial charge in [0, 0.05) is 17.0 Å². The van der Waals surface area contributed by atoms with Crippen LogP contribution in [-0.2, 0) is 11.4 Å². The molecule has 0 saturated heterocycles. The lowest BCUT2D eigenvalue weighted by Gasteiger charge is -2.17. The first kappa shape index (κ1) is 16.3. The van der Waals surface area contributed by atoms with Gasteiger partial charge in [-0.1, -0.05) is 29.1 Å². The minimum Gasteiger partial charge on any atom is -0.390 e. The average molecular weight is 322 g/mol. The molecule has 1 aromatic heterocycles. The van der Waals surface area contributed by atoms with Gasteiger partial charge in [-0.2, -0.15) is 5.10 Å². The second-order valence-electron chi connectivity index (χ2n) is 6.96. The average Bonchev–Trinajstić information content (AvgIpc) is 3.24. The third-order valence-electron chi connectivity index (χ3n) is 3.42. The first-order valence-electron chi connectivity index (χ1n) is 8.19. The van der Waals surface area contributed by atoms with E-state index < -0.39 is 0 Å². The Morgan fingerprint density at radius 1 is 1.29 bits per heavy atom. The predicted octanol–water partition coefficient (Wildman–Crippen LogP) is 3.26. The van der Waals surface area contributed by atoms with Gasteiger partial charge < -0.3 is 4.84 Å². The molecular weight excluding hydrogens is 300 g/mol. The third-order valence-corrected chi connectivity index (χ3v) is 3.42. The van der Waals surface area contributed by atoms with Crippen LogP contribution >= 0.6 is 0 Å². The van der Waals surface area contributed by atoms with Gasteiger partial charge in [0.05, 0.1) is 6.54 Å². The lowest BCUT2D eigenvalue weighted by molar-refractivity contribution is 0.000582. The van der Waals surface area contributed by atoms with Gasteiger partial charge in [0.1, 0.15) is 24.0 Å². The van der Waals surface area contributed by atoms with Crippen molar-refractivity contribution in [1.29, 1.82) is 0 Å². The highest BCUT2D eigenvalue weighted by Crippen LogP contribution is 2.27. The third kappa shape index (κ3) is 4.95. The number of benzene rings is 1. The van der Waals surface area contributed by atoms with E-state index in [1.807, 2.05) is 45.0 Å². The molecule has 5 nitrogen and oxygen atoms in total. The zero-order valence-corrected chi connectivity index (χ0v) is 14.4. The maximum absolute atomic E-state index is 5.61. The lowest BCUT2D eigenvalue weighted by atomic mass is 10.1. The zero-order valence-electron chi connectivity index (χ0n) is 14.4. The highest BCUT2D eigenvalue weighted by molar-refractivity contribution is 6.00. The van der Waals surface area contributed by atoms with Crippen molar-refractivity contribution in [2.24, 2.45) is 11.1 Å². The predicted molar refractivity (Wildman–Crippen MR) is 93.4 cm³/mol. The summed E-state index contributed by atoms with van der Waals surface area (Å²) < 4.78 is 1.73. The molecule has 0 radical (unpaired) electrons. The van der Waals surface area contributed by atoms with Crippen LogP contribution in [0.25, 0.3) is 0 Å². The second kappa shape index (κ2) is 6.88. The van der Waals surface area contributed by atoms with Gasteiger partial charge in [0.15, 0.2) is 0 Å². The van der Waals surface area contributed by atoms with Gasteiger partial charge in [-0.3, -0.25) is 0 Å². The molecular formula is C19H22N4O. The van der Waals surface area contributed by atoms with Crippen LogP contribution in [0.3, 0.4) is 0 Å². The van der Waals surface area contributed by atoms with Crippen LogP contribution in [0.15, 0.2) is 42.1 Å². The first-order chi connectivity index (χ1) is 11.5. The molecule has 124 valence electrons. The number of oxime groups is 1. The topological polar surface area (TPSA) is 52.3 Å². The Morgan fingerprint density at radius 2 is 2.04 bits per heavy atom. The SMILES string of the molecule is CC(C)(C)ON=C(Cn1cncn1)c1ccc(C#CC2CC2)cc1. The van der Waals surface area contributed by atoms with Crippen LogP contribution in [0.1, 0.15) is 44.7 Å². The molecule has 1 heterocycles. The van der Waals surface area contributed by atoms with Gasteiger partial charge in [-0.15, -0.1) is 0 Å². The van der Waals surface area contributed by atoms with Crippen molar-refractivity contribution in [2.45, 2.75) is 45.8 Å². The van der Waals surface area contributed by atoms with E-state index in [4.69, 9.17) is 4.84 Å². The Hall–Kier alpha value is -2.61. The fourth-order valence-corrected chi connectivity index (χ4v) is 1.99. The molecule has 1 aliphatic carbocycles. The molecule has 1 saturated carbocycles. The maximum Gasteiger partial charge on any atom is 0.137 e. The van der Waals surface area contributed by atoms with Crippen LogP contribution in [0, 0.1) is 17.8 Å². The van der Waals surface area contributed by atoms with Crippen molar-refractivity contribution in [3.05, 3.63) is 48.0 Å². The van der Waals surface area contributed by atoms with Crippen LogP contribution in [0.2, 0.25) is 0 Å². The lowest BCUT2D eigenvalue weighted by Crippen LogP contribution is -2.19.